The number of ether oxygens (including phenoxy) is 1. The lowest BCUT2D eigenvalue weighted by Gasteiger charge is -2.09. The third-order valence-corrected chi connectivity index (χ3v) is 4.94. The first-order valence-corrected chi connectivity index (χ1v) is 11.2. The van der Waals surface area contributed by atoms with Gasteiger partial charge in [0.2, 0.25) is 0 Å². The number of amides is 1. The van der Waals surface area contributed by atoms with Gasteiger partial charge >= 0.3 is 5.97 Å². The van der Waals surface area contributed by atoms with Crippen molar-refractivity contribution in [3.8, 4) is 11.1 Å². The second-order valence-electron chi connectivity index (χ2n) is 7.24. The molecule has 0 saturated heterocycles. The summed E-state index contributed by atoms with van der Waals surface area (Å²) in [5.74, 6) is -0.716. The zero-order valence-corrected chi connectivity index (χ0v) is 20.9. The van der Waals surface area contributed by atoms with E-state index in [1.54, 1.807) is 38.1 Å². The second kappa shape index (κ2) is 14.8. The number of nitrogens with two attached hydrogens (primary N) is 1. The third-order valence-electron chi connectivity index (χ3n) is 4.94. The zero-order chi connectivity index (χ0) is 26.4. The number of methoxy groups -OCH3 is 1. The van der Waals surface area contributed by atoms with Crippen molar-refractivity contribution in [2.75, 3.05) is 13.7 Å². The highest BCUT2D eigenvalue weighted by molar-refractivity contribution is 5.97. The van der Waals surface area contributed by atoms with Crippen LogP contribution in [-0.2, 0) is 9.53 Å². The van der Waals surface area contributed by atoms with Crippen LogP contribution in [0.15, 0.2) is 76.6 Å². The van der Waals surface area contributed by atoms with Crippen molar-refractivity contribution in [1.82, 2.24) is 5.32 Å². The maximum atomic E-state index is 12.5. The number of amidine groups is 1. The number of nitrogen functional groups attached to an aromatic ring is 1. The summed E-state index contributed by atoms with van der Waals surface area (Å²) in [7, 11) is 1.29. The molecule has 2 aromatic carbocycles. The Bertz CT molecular complexity index is 1100. The molecule has 35 heavy (non-hydrogen) atoms. The Morgan fingerprint density at radius 3 is 2.00 bits per heavy atom. The average Bonchev–Trinajstić information content (AvgIpc) is 2.90. The number of hydrogen-bond acceptors (Lipinski definition) is 6. The van der Waals surface area contributed by atoms with Gasteiger partial charge in [-0.05, 0) is 49.1 Å². The molecule has 1 amide bonds. The van der Waals surface area contributed by atoms with Crippen LogP contribution in [0.4, 0.5) is 0 Å². The number of allylic oxidation sites excluding steroid dienone is 1. The first kappa shape index (κ1) is 28.8. The molecule has 0 bridgehead atoms. The summed E-state index contributed by atoms with van der Waals surface area (Å²) in [5.41, 5.74) is 9.87. The van der Waals surface area contributed by atoms with Gasteiger partial charge in [-0.15, -0.1) is 0 Å². The molecule has 0 atom stereocenters. The van der Waals surface area contributed by atoms with Gasteiger partial charge in [-0.3, -0.25) is 15.2 Å². The van der Waals surface area contributed by atoms with Crippen molar-refractivity contribution in [3.63, 3.8) is 0 Å². The minimum Gasteiger partial charge on any atom is -0.514 e. The molecule has 0 spiro atoms. The number of rotatable bonds is 9. The first-order chi connectivity index (χ1) is 16.8. The van der Waals surface area contributed by atoms with Gasteiger partial charge in [-0.2, -0.15) is 0 Å². The smallest absolute Gasteiger partial charge is 0.333 e. The number of nitrogens with zero attached hydrogens (tertiary/aromatic N) is 1. The number of carbonyl (C=O) groups is 2. The van der Waals surface area contributed by atoms with Crippen LogP contribution in [0.5, 0.6) is 0 Å². The average molecular weight is 479 g/mol. The van der Waals surface area contributed by atoms with Crippen LogP contribution in [0.25, 0.3) is 11.1 Å². The summed E-state index contributed by atoms with van der Waals surface area (Å²) in [6, 6.07) is 14.5. The van der Waals surface area contributed by atoms with E-state index < -0.39 is 5.97 Å². The summed E-state index contributed by atoms with van der Waals surface area (Å²) in [5, 5.41) is 19.3. The SMILES string of the molecule is CC.COC(=O)/C(C)=C(/C=N/C(C)=C/O)CCNC(=O)c1ccc(-c2ccc(C(=N)N)cc2)cc1. The number of nitrogens with one attached hydrogen (secondary N) is 2. The van der Waals surface area contributed by atoms with Crippen molar-refractivity contribution in [2.24, 2.45) is 10.7 Å². The van der Waals surface area contributed by atoms with Gasteiger partial charge in [-0.1, -0.05) is 50.2 Å². The van der Waals surface area contributed by atoms with E-state index in [0.29, 0.717) is 34.4 Å². The molecule has 0 aliphatic heterocycles. The van der Waals surface area contributed by atoms with Crippen molar-refractivity contribution in [3.05, 3.63) is 82.8 Å². The van der Waals surface area contributed by atoms with E-state index in [1.165, 1.54) is 13.3 Å². The van der Waals surface area contributed by atoms with E-state index in [0.717, 1.165) is 17.4 Å². The predicted octanol–water partition coefficient (Wildman–Crippen LogP) is 4.76. The quantitative estimate of drug-likeness (QED) is 0.135. The van der Waals surface area contributed by atoms with Crippen LogP contribution < -0.4 is 11.1 Å². The number of carbonyl (C=O) groups excluding carboxylic acids is 2. The molecule has 0 fully saturated rings. The highest BCUT2D eigenvalue weighted by Crippen LogP contribution is 2.20. The second-order valence-corrected chi connectivity index (χ2v) is 7.24. The lowest BCUT2D eigenvalue weighted by molar-refractivity contribution is -0.136. The molecule has 2 rings (SSSR count). The summed E-state index contributed by atoms with van der Waals surface area (Å²) in [6.45, 7) is 7.52. The van der Waals surface area contributed by atoms with Crippen LogP contribution in [0.3, 0.4) is 0 Å². The Labute approximate surface area is 206 Å². The van der Waals surface area contributed by atoms with E-state index in [2.05, 4.69) is 10.3 Å². The third kappa shape index (κ3) is 8.92. The molecule has 0 unspecified atom stereocenters. The highest BCUT2D eigenvalue weighted by Gasteiger charge is 2.11. The standard InChI is InChI=1S/C25H28N4O4.C2H6/c1-16(15-30)29-14-22(17(2)25(32)33-3)12-13-28-24(31)21-10-6-19(7-11-21)18-4-8-20(9-5-18)23(26)27;1-2/h4-11,14-15,30H,12-13H2,1-3H3,(H3,26,27)(H,28,31);1-2H3/b16-15+,22-17+,29-14+;. The molecular weight excluding hydrogens is 444 g/mol. The number of aliphatic hydroxyl groups excluding tert-OH is 1. The van der Waals surface area contributed by atoms with Gasteiger partial charge in [-0.25, -0.2) is 4.79 Å². The van der Waals surface area contributed by atoms with Crippen molar-refractivity contribution >= 4 is 23.9 Å². The summed E-state index contributed by atoms with van der Waals surface area (Å²) >= 11 is 0. The molecule has 0 aliphatic rings. The van der Waals surface area contributed by atoms with E-state index in [1.807, 2.05) is 38.1 Å². The molecule has 5 N–H and O–H groups in total. The van der Waals surface area contributed by atoms with Crippen LogP contribution in [0.2, 0.25) is 0 Å². The minimum absolute atomic E-state index is 0.0135. The maximum Gasteiger partial charge on any atom is 0.333 e. The number of esters is 1. The fraction of sp³-hybridized carbons (Fsp3) is 0.259. The maximum absolute atomic E-state index is 12.5. The van der Waals surface area contributed by atoms with E-state index in [-0.39, 0.29) is 18.3 Å². The molecule has 0 saturated carbocycles. The van der Waals surface area contributed by atoms with Gasteiger partial charge in [0.25, 0.3) is 5.91 Å². The van der Waals surface area contributed by atoms with E-state index in [4.69, 9.17) is 21.0 Å². The molecular formula is C27H34N4O4. The van der Waals surface area contributed by atoms with Gasteiger partial charge in [0.05, 0.1) is 12.8 Å². The minimum atomic E-state index is -0.486. The summed E-state index contributed by atoms with van der Waals surface area (Å²) in [6.07, 6.45) is 2.70. The molecule has 8 nitrogen and oxygen atoms in total. The zero-order valence-electron chi connectivity index (χ0n) is 20.9. The van der Waals surface area contributed by atoms with Gasteiger partial charge < -0.3 is 20.9 Å². The monoisotopic (exact) mass is 478 g/mol. The van der Waals surface area contributed by atoms with Crippen molar-refractivity contribution < 1.29 is 19.4 Å². The van der Waals surface area contributed by atoms with Crippen molar-refractivity contribution in [1.29, 1.82) is 5.41 Å². The Kier molecular flexibility index (Phi) is 12.2. The molecule has 186 valence electrons. The predicted molar refractivity (Wildman–Crippen MR) is 141 cm³/mol. The largest absolute Gasteiger partial charge is 0.514 e. The Morgan fingerprint density at radius 1 is 1.03 bits per heavy atom. The topological polar surface area (TPSA) is 138 Å². The molecule has 2 aromatic rings. The van der Waals surface area contributed by atoms with Crippen molar-refractivity contribution in [2.45, 2.75) is 34.1 Å². The van der Waals surface area contributed by atoms with E-state index >= 15 is 0 Å². The molecule has 0 aliphatic carbocycles. The molecule has 8 heteroatoms. The lowest BCUT2D eigenvalue weighted by atomic mass is 10.0. The number of benzene rings is 2. The van der Waals surface area contributed by atoms with E-state index in [9.17, 15) is 9.59 Å². The Hall–Kier alpha value is -4.20. The highest BCUT2D eigenvalue weighted by atomic mass is 16.5. The Morgan fingerprint density at radius 2 is 1.54 bits per heavy atom. The fourth-order valence-electron chi connectivity index (χ4n) is 2.92. The summed E-state index contributed by atoms with van der Waals surface area (Å²) < 4.78 is 4.76. The number of hydrogen-bond donors (Lipinski definition) is 4. The fourth-order valence-corrected chi connectivity index (χ4v) is 2.92. The molecule has 0 heterocycles. The van der Waals surface area contributed by atoms with Crippen LogP contribution in [0.1, 0.15) is 50.0 Å². The summed E-state index contributed by atoms with van der Waals surface area (Å²) in [4.78, 5) is 28.5. The van der Waals surface area contributed by atoms with Gasteiger partial charge in [0.1, 0.15) is 12.1 Å². The number of aliphatic imine (C=N–C) groups is 1. The van der Waals surface area contributed by atoms with Gasteiger partial charge in [0, 0.05) is 29.5 Å². The van der Waals surface area contributed by atoms with Crippen LogP contribution in [0, 0.1) is 5.41 Å². The van der Waals surface area contributed by atoms with Gasteiger partial charge in [0.15, 0.2) is 0 Å². The number of aliphatic hydroxyl groups is 1. The van der Waals surface area contributed by atoms with Crippen LogP contribution in [-0.4, -0.2) is 42.7 Å². The van der Waals surface area contributed by atoms with Crippen LogP contribution >= 0.6 is 0 Å². The molecule has 0 aromatic heterocycles. The lowest BCUT2D eigenvalue weighted by Crippen LogP contribution is -2.25. The Balaban J connectivity index is 0.00000298. The molecule has 0 radical (unpaired) electrons. The normalized spacial score (nSPS) is 11.7. The first-order valence-electron chi connectivity index (χ1n) is 11.2.